The molecule has 1 aliphatic heterocycles. The Labute approximate surface area is 229 Å². The van der Waals surface area contributed by atoms with Crippen molar-refractivity contribution in [3.8, 4) is 0 Å². The SMILES string of the molecule is CCCCCCCCCCCCCCCC1N(C)C=CN1CCCCCCCCCCCCCCC. The first-order valence-corrected chi connectivity index (χ1v) is 17.0. The zero-order valence-electron chi connectivity index (χ0n) is 25.4. The van der Waals surface area contributed by atoms with Gasteiger partial charge in [-0.15, -0.1) is 0 Å². The summed E-state index contributed by atoms with van der Waals surface area (Å²) >= 11 is 0. The van der Waals surface area contributed by atoms with Crippen molar-refractivity contribution in [1.82, 2.24) is 9.80 Å². The van der Waals surface area contributed by atoms with Crippen molar-refractivity contribution in [2.45, 2.75) is 193 Å². The molecule has 1 atom stereocenters. The van der Waals surface area contributed by atoms with Crippen LogP contribution in [0.5, 0.6) is 0 Å². The van der Waals surface area contributed by atoms with E-state index < -0.39 is 0 Å². The molecule has 0 radical (unpaired) electrons. The van der Waals surface area contributed by atoms with Gasteiger partial charge in [0.05, 0.1) is 0 Å². The molecular weight excluding hydrogens is 436 g/mol. The first-order valence-electron chi connectivity index (χ1n) is 17.0. The van der Waals surface area contributed by atoms with E-state index in [-0.39, 0.29) is 0 Å². The monoisotopic (exact) mass is 505 g/mol. The second-order valence-electron chi connectivity index (χ2n) is 12.0. The third-order valence-corrected chi connectivity index (χ3v) is 8.43. The van der Waals surface area contributed by atoms with Gasteiger partial charge in [0.15, 0.2) is 0 Å². The summed E-state index contributed by atoms with van der Waals surface area (Å²) in [5.74, 6) is 0. The minimum Gasteiger partial charge on any atom is -0.359 e. The van der Waals surface area contributed by atoms with Gasteiger partial charge >= 0.3 is 0 Å². The van der Waals surface area contributed by atoms with E-state index >= 15 is 0 Å². The third-order valence-electron chi connectivity index (χ3n) is 8.43. The van der Waals surface area contributed by atoms with Crippen molar-refractivity contribution in [2.24, 2.45) is 0 Å². The summed E-state index contributed by atoms with van der Waals surface area (Å²) in [6.45, 7) is 5.86. The van der Waals surface area contributed by atoms with Crippen molar-refractivity contribution in [1.29, 1.82) is 0 Å². The Balaban J connectivity index is 1.89. The summed E-state index contributed by atoms with van der Waals surface area (Å²) in [6, 6.07) is 0. The summed E-state index contributed by atoms with van der Waals surface area (Å²) < 4.78 is 0. The molecule has 0 aromatic heterocycles. The Morgan fingerprint density at radius 2 is 0.750 bits per heavy atom. The molecule has 0 saturated carbocycles. The molecule has 0 saturated heterocycles. The molecule has 1 rings (SSSR count). The van der Waals surface area contributed by atoms with Crippen LogP contribution < -0.4 is 0 Å². The van der Waals surface area contributed by atoms with E-state index in [1.165, 1.54) is 180 Å². The number of hydrogen-bond acceptors (Lipinski definition) is 2. The number of rotatable bonds is 28. The molecule has 0 aliphatic carbocycles. The lowest BCUT2D eigenvalue weighted by molar-refractivity contribution is 0.159. The van der Waals surface area contributed by atoms with Gasteiger partial charge in [0.25, 0.3) is 0 Å². The van der Waals surface area contributed by atoms with Gasteiger partial charge in [-0.25, -0.2) is 0 Å². The van der Waals surface area contributed by atoms with Crippen LogP contribution >= 0.6 is 0 Å². The molecule has 0 aromatic rings. The van der Waals surface area contributed by atoms with Crippen LogP contribution in [0.25, 0.3) is 0 Å². The van der Waals surface area contributed by atoms with Crippen LogP contribution in [0.1, 0.15) is 187 Å². The van der Waals surface area contributed by atoms with Crippen molar-refractivity contribution < 1.29 is 0 Å². The van der Waals surface area contributed by atoms with Crippen molar-refractivity contribution >= 4 is 0 Å². The number of unbranched alkanes of at least 4 members (excludes halogenated alkanes) is 24. The Bertz CT molecular complexity index is 460. The van der Waals surface area contributed by atoms with Crippen molar-refractivity contribution in [3.63, 3.8) is 0 Å². The lowest BCUT2D eigenvalue weighted by atomic mass is 10.0. The lowest BCUT2D eigenvalue weighted by Crippen LogP contribution is -2.37. The molecular formula is C34H68N2. The van der Waals surface area contributed by atoms with Crippen LogP contribution in [0.2, 0.25) is 0 Å². The van der Waals surface area contributed by atoms with Gasteiger partial charge in [0.2, 0.25) is 0 Å². The standard InChI is InChI=1S/C34H68N2/c1-4-6-8-10-12-14-16-18-20-22-24-26-28-30-34-35(3)32-33-36(34)31-29-27-25-23-21-19-17-15-13-11-9-7-5-2/h32-34H,4-31H2,1-3H3. The predicted octanol–water partition coefficient (Wildman–Crippen LogP) is 11.6. The molecule has 0 spiro atoms. The molecule has 1 unspecified atom stereocenters. The average Bonchev–Trinajstić information content (AvgIpc) is 3.23. The van der Waals surface area contributed by atoms with E-state index in [9.17, 15) is 0 Å². The molecule has 2 nitrogen and oxygen atoms in total. The highest BCUT2D eigenvalue weighted by Crippen LogP contribution is 2.22. The van der Waals surface area contributed by atoms with Gasteiger partial charge in [0, 0.05) is 26.0 Å². The minimum absolute atomic E-state index is 0.620. The predicted molar refractivity (Wildman–Crippen MR) is 163 cm³/mol. The highest BCUT2D eigenvalue weighted by molar-refractivity contribution is 4.95. The molecule has 0 fully saturated rings. The fourth-order valence-corrected chi connectivity index (χ4v) is 5.87. The van der Waals surface area contributed by atoms with Crippen LogP contribution in [0.3, 0.4) is 0 Å². The van der Waals surface area contributed by atoms with Gasteiger partial charge in [0.1, 0.15) is 6.17 Å². The molecule has 214 valence electrons. The molecule has 0 bridgehead atoms. The number of nitrogens with zero attached hydrogens (tertiary/aromatic N) is 2. The summed E-state index contributed by atoms with van der Waals surface area (Å²) in [5.41, 5.74) is 0. The van der Waals surface area contributed by atoms with E-state index in [1.807, 2.05) is 0 Å². The van der Waals surface area contributed by atoms with Crippen molar-refractivity contribution in [2.75, 3.05) is 13.6 Å². The Morgan fingerprint density at radius 3 is 1.14 bits per heavy atom. The zero-order chi connectivity index (χ0) is 25.9. The van der Waals surface area contributed by atoms with Crippen LogP contribution in [0.15, 0.2) is 12.4 Å². The van der Waals surface area contributed by atoms with E-state index in [2.05, 4.69) is 43.1 Å². The van der Waals surface area contributed by atoms with Gasteiger partial charge in [-0.2, -0.15) is 0 Å². The fourth-order valence-electron chi connectivity index (χ4n) is 5.87. The second-order valence-corrected chi connectivity index (χ2v) is 12.0. The van der Waals surface area contributed by atoms with E-state index in [0.29, 0.717) is 6.17 Å². The van der Waals surface area contributed by atoms with E-state index in [1.54, 1.807) is 0 Å². The fraction of sp³-hybridized carbons (Fsp3) is 0.941. The number of hydrogen-bond donors (Lipinski definition) is 0. The van der Waals surface area contributed by atoms with Crippen LogP contribution in [0.4, 0.5) is 0 Å². The lowest BCUT2D eigenvalue weighted by Gasteiger charge is -2.30. The highest BCUT2D eigenvalue weighted by Gasteiger charge is 2.22. The molecule has 0 amide bonds. The summed E-state index contributed by atoms with van der Waals surface area (Å²) in [7, 11) is 2.27. The average molecular weight is 505 g/mol. The normalized spacial score (nSPS) is 15.5. The maximum absolute atomic E-state index is 2.62. The Morgan fingerprint density at radius 1 is 0.417 bits per heavy atom. The largest absolute Gasteiger partial charge is 0.359 e. The van der Waals surface area contributed by atoms with Crippen LogP contribution in [-0.4, -0.2) is 29.6 Å². The topological polar surface area (TPSA) is 6.48 Å². The smallest absolute Gasteiger partial charge is 0.100 e. The van der Waals surface area contributed by atoms with Gasteiger partial charge in [-0.3, -0.25) is 0 Å². The van der Waals surface area contributed by atoms with Crippen LogP contribution in [0, 0.1) is 0 Å². The van der Waals surface area contributed by atoms with E-state index in [0.717, 1.165) is 0 Å². The molecule has 1 aliphatic rings. The minimum atomic E-state index is 0.620. The summed E-state index contributed by atoms with van der Waals surface area (Å²) in [4.78, 5) is 5.07. The Hall–Kier alpha value is -0.660. The highest BCUT2D eigenvalue weighted by atomic mass is 15.4. The summed E-state index contributed by atoms with van der Waals surface area (Å²) in [5, 5.41) is 0. The first kappa shape index (κ1) is 33.4. The first-order chi connectivity index (χ1) is 17.8. The van der Waals surface area contributed by atoms with Crippen molar-refractivity contribution in [3.05, 3.63) is 12.4 Å². The maximum Gasteiger partial charge on any atom is 0.100 e. The molecule has 2 heteroatoms. The molecule has 1 heterocycles. The maximum atomic E-state index is 2.62. The Kier molecular flexibility index (Phi) is 24.1. The van der Waals surface area contributed by atoms with Crippen LogP contribution in [-0.2, 0) is 0 Å². The quantitative estimate of drug-likeness (QED) is 0.0977. The van der Waals surface area contributed by atoms with Gasteiger partial charge in [-0.05, 0) is 19.3 Å². The molecule has 0 aromatic carbocycles. The van der Waals surface area contributed by atoms with Gasteiger partial charge in [-0.1, -0.05) is 168 Å². The van der Waals surface area contributed by atoms with E-state index in [4.69, 9.17) is 0 Å². The van der Waals surface area contributed by atoms with Gasteiger partial charge < -0.3 is 9.80 Å². The zero-order valence-corrected chi connectivity index (χ0v) is 25.4. The second kappa shape index (κ2) is 26.0. The molecule has 0 N–H and O–H groups in total. The summed E-state index contributed by atoms with van der Waals surface area (Å²) in [6.07, 6.45) is 44.1. The molecule has 36 heavy (non-hydrogen) atoms. The third kappa shape index (κ3) is 19.5.